The van der Waals surface area contributed by atoms with Crippen LogP contribution in [0.15, 0.2) is 49.3 Å². The molecule has 7 nitrogen and oxygen atoms in total. The minimum atomic E-state index is 0.0597. The second-order valence-corrected chi connectivity index (χ2v) is 6.97. The molecule has 0 saturated carbocycles. The van der Waals surface area contributed by atoms with Gasteiger partial charge in [-0.05, 0) is 43.5 Å². The van der Waals surface area contributed by atoms with Gasteiger partial charge < -0.3 is 11.5 Å². The number of imidazole rings is 1. The van der Waals surface area contributed by atoms with Crippen molar-refractivity contribution in [3.8, 4) is 11.4 Å². The summed E-state index contributed by atoms with van der Waals surface area (Å²) < 4.78 is 2.18. The molecule has 0 aliphatic carbocycles. The third-order valence-corrected chi connectivity index (χ3v) is 5.20. The number of nitrogens with zero attached hydrogens (tertiary/aromatic N) is 5. The third kappa shape index (κ3) is 3.31. The molecule has 3 aromatic rings. The minimum absolute atomic E-state index is 0.0597. The molecule has 1 saturated heterocycles. The number of hydrogen-bond donors (Lipinski definition) is 2. The van der Waals surface area contributed by atoms with Gasteiger partial charge >= 0.3 is 0 Å². The SMILES string of the molecule is C=CCC(N1CCC(N)CC1)n1c(-c2cccnc2N)nc2cccnc21. The Morgan fingerprint density at radius 3 is 2.67 bits per heavy atom. The first kappa shape index (κ1) is 17.6. The largest absolute Gasteiger partial charge is 0.383 e. The van der Waals surface area contributed by atoms with Gasteiger partial charge in [0.2, 0.25) is 0 Å². The average Bonchev–Trinajstić information content (AvgIpc) is 3.06. The number of piperidine rings is 1. The van der Waals surface area contributed by atoms with Gasteiger partial charge in [0.1, 0.15) is 17.2 Å². The first-order valence-corrected chi connectivity index (χ1v) is 9.33. The van der Waals surface area contributed by atoms with E-state index in [-0.39, 0.29) is 12.2 Å². The maximum absolute atomic E-state index is 6.18. The quantitative estimate of drug-likeness (QED) is 0.676. The second-order valence-electron chi connectivity index (χ2n) is 6.97. The highest BCUT2D eigenvalue weighted by Crippen LogP contribution is 2.33. The summed E-state index contributed by atoms with van der Waals surface area (Å²) in [4.78, 5) is 16.2. The number of nitrogens with two attached hydrogens (primary N) is 2. The monoisotopic (exact) mass is 363 g/mol. The zero-order chi connectivity index (χ0) is 18.8. The molecule has 1 aliphatic rings. The summed E-state index contributed by atoms with van der Waals surface area (Å²) in [5, 5.41) is 0. The lowest BCUT2D eigenvalue weighted by Gasteiger charge is -2.37. The van der Waals surface area contributed by atoms with Crippen molar-refractivity contribution in [3.63, 3.8) is 0 Å². The van der Waals surface area contributed by atoms with E-state index in [1.165, 1.54) is 0 Å². The summed E-state index contributed by atoms with van der Waals surface area (Å²) in [5.41, 5.74) is 14.8. The van der Waals surface area contributed by atoms with Crippen LogP contribution in [0.1, 0.15) is 25.4 Å². The van der Waals surface area contributed by atoms with Crippen molar-refractivity contribution in [2.24, 2.45) is 5.73 Å². The molecule has 1 fully saturated rings. The summed E-state index contributed by atoms with van der Waals surface area (Å²) in [6.45, 7) is 5.85. The zero-order valence-electron chi connectivity index (χ0n) is 15.3. The number of anilines is 1. The number of rotatable bonds is 5. The van der Waals surface area contributed by atoms with Crippen molar-refractivity contribution >= 4 is 17.0 Å². The van der Waals surface area contributed by atoms with Gasteiger partial charge in [-0.3, -0.25) is 9.47 Å². The van der Waals surface area contributed by atoms with Crippen LogP contribution in [0.25, 0.3) is 22.6 Å². The molecule has 0 radical (unpaired) electrons. The third-order valence-electron chi connectivity index (χ3n) is 5.20. The Morgan fingerprint density at radius 2 is 1.93 bits per heavy atom. The van der Waals surface area contributed by atoms with Crippen LogP contribution in [0.5, 0.6) is 0 Å². The molecular formula is C20H25N7. The summed E-state index contributed by atoms with van der Waals surface area (Å²) in [7, 11) is 0. The van der Waals surface area contributed by atoms with Crippen LogP contribution in [-0.4, -0.2) is 43.6 Å². The molecule has 0 bridgehead atoms. The van der Waals surface area contributed by atoms with Crippen molar-refractivity contribution in [3.05, 3.63) is 49.3 Å². The van der Waals surface area contributed by atoms with Crippen molar-refractivity contribution in [2.75, 3.05) is 18.8 Å². The van der Waals surface area contributed by atoms with E-state index in [1.807, 2.05) is 30.3 Å². The van der Waals surface area contributed by atoms with Crippen molar-refractivity contribution in [2.45, 2.75) is 31.5 Å². The molecule has 4 N–H and O–H groups in total. The van der Waals surface area contributed by atoms with Crippen LogP contribution >= 0.6 is 0 Å². The van der Waals surface area contributed by atoms with E-state index in [4.69, 9.17) is 16.5 Å². The Morgan fingerprint density at radius 1 is 1.19 bits per heavy atom. The standard InChI is InChI=1S/C20H25N7/c1-2-5-17(26-12-8-14(21)9-13-26)27-19(15-6-3-10-23-18(15)22)25-16-7-4-11-24-20(16)27/h2-4,6-7,10-11,14,17H,1,5,8-9,12-13,21H2,(H2,22,23). The summed E-state index contributed by atoms with van der Waals surface area (Å²) in [5.74, 6) is 1.25. The van der Waals surface area contributed by atoms with E-state index in [0.29, 0.717) is 5.82 Å². The summed E-state index contributed by atoms with van der Waals surface area (Å²) >= 11 is 0. The number of aromatic nitrogens is 4. The Labute approximate surface area is 158 Å². The Kier molecular flexibility index (Phi) is 4.87. The summed E-state index contributed by atoms with van der Waals surface area (Å²) in [6, 6.07) is 7.99. The lowest BCUT2D eigenvalue weighted by atomic mass is 10.0. The molecule has 4 heterocycles. The maximum atomic E-state index is 6.18. The molecule has 1 aliphatic heterocycles. The highest BCUT2D eigenvalue weighted by atomic mass is 15.3. The molecule has 140 valence electrons. The van der Waals surface area contributed by atoms with E-state index in [0.717, 1.165) is 54.9 Å². The minimum Gasteiger partial charge on any atom is -0.383 e. The Bertz CT molecular complexity index is 940. The van der Waals surface area contributed by atoms with Gasteiger partial charge in [0, 0.05) is 31.5 Å². The topological polar surface area (TPSA) is 98.9 Å². The van der Waals surface area contributed by atoms with E-state index in [1.54, 1.807) is 12.4 Å². The van der Waals surface area contributed by atoms with Gasteiger partial charge in [-0.1, -0.05) is 6.08 Å². The lowest BCUT2D eigenvalue weighted by molar-refractivity contribution is 0.111. The molecule has 1 unspecified atom stereocenters. The van der Waals surface area contributed by atoms with Gasteiger partial charge in [-0.2, -0.15) is 0 Å². The number of likely N-dealkylation sites (tertiary alicyclic amines) is 1. The molecule has 1 atom stereocenters. The van der Waals surface area contributed by atoms with Crippen molar-refractivity contribution in [1.29, 1.82) is 0 Å². The fraction of sp³-hybridized carbons (Fsp3) is 0.350. The molecular weight excluding hydrogens is 338 g/mol. The van der Waals surface area contributed by atoms with Crippen LogP contribution in [-0.2, 0) is 0 Å². The molecule has 0 spiro atoms. The first-order chi connectivity index (χ1) is 13.2. The van der Waals surface area contributed by atoms with E-state index >= 15 is 0 Å². The van der Waals surface area contributed by atoms with Crippen LogP contribution in [0, 0.1) is 0 Å². The average molecular weight is 363 g/mol. The predicted octanol–water partition coefficient (Wildman–Crippen LogP) is 2.57. The fourth-order valence-corrected chi connectivity index (χ4v) is 3.79. The van der Waals surface area contributed by atoms with E-state index in [9.17, 15) is 0 Å². The Balaban J connectivity index is 1.88. The van der Waals surface area contributed by atoms with Crippen LogP contribution in [0.2, 0.25) is 0 Å². The van der Waals surface area contributed by atoms with Crippen LogP contribution in [0.4, 0.5) is 5.82 Å². The van der Waals surface area contributed by atoms with Gasteiger partial charge in [0.15, 0.2) is 5.65 Å². The van der Waals surface area contributed by atoms with Gasteiger partial charge in [-0.15, -0.1) is 6.58 Å². The van der Waals surface area contributed by atoms with Gasteiger partial charge in [0.25, 0.3) is 0 Å². The number of pyridine rings is 2. The first-order valence-electron chi connectivity index (χ1n) is 9.33. The zero-order valence-corrected chi connectivity index (χ0v) is 15.3. The van der Waals surface area contributed by atoms with Crippen molar-refractivity contribution in [1.82, 2.24) is 24.4 Å². The van der Waals surface area contributed by atoms with Gasteiger partial charge in [0.05, 0.1) is 11.7 Å². The number of hydrogen-bond acceptors (Lipinski definition) is 6. The molecule has 3 aromatic heterocycles. The summed E-state index contributed by atoms with van der Waals surface area (Å²) in [6.07, 6.45) is 8.25. The molecule has 0 amide bonds. The molecule has 7 heteroatoms. The smallest absolute Gasteiger partial charge is 0.161 e. The van der Waals surface area contributed by atoms with Crippen molar-refractivity contribution < 1.29 is 0 Å². The molecule has 0 aromatic carbocycles. The normalized spacial score (nSPS) is 17.2. The molecule has 27 heavy (non-hydrogen) atoms. The number of fused-ring (bicyclic) bond motifs is 1. The van der Waals surface area contributed by atoms with E-state index in [2.05, 4.69) is 26.0 Å². The van der Waals surface area contributed by atoms with Crippen LogP contribution in [0.3, 0.4) is 0 Å². The lowest BCUT2D eigenvalue weighted by Crippen LogP contribution is -2.43. The van der Waals surface area contributed by atoms with Gasteiger partial charge in [-0.25, -0.2) is 15.0 Å². The highest BCUT2D eigenvalue weighted by molar-refractivity contribution is 5.80. The highest BCUT2D eigenvalue weighted by Gasteiger charge is 2.28. The Hall–Kier alpha value is -2.77. The predicted molar refractivity (Wildman–Crippen MR) is 108 cm³/mol. The number of nitrogen functional groups attached to an aromatic ring is 1. The second kappa shape index (κ2) is 7.46. The fourth-order valence-electron chi connectivity index (χ4n) is 3.79. The van der Waals surface area contributed by atoms with Crippen LogP contribution < -0.4 is 11.5 Å². The maximum Gasteiger partial charge on any atom is 0.161 e. The van der Waals surface area contributed by atoms with E-state index < -0.39 is 0 Å². The molecule has 4 rings (SSSR count).